The molecule has 0 aliphatic rings. The van der Waals surface area contributed by atoms with Crippen LogP contribution in [0.1, 0.15) is 44.1 Å². The first kappa shape index (κ1) is 13.1. The van der Waals surface area contributed by atoms with Crippen molar-refractivity contribution in [3.63, 3.8) is 0 Å². The maximum absolute atomic E-state index is 5.66. The monoisotopic (exact) mass is 226 g/mol. The maximum atomic E-state index is 5.66. The zero-order chi connectivity index (χ0) is 12.0. The zero-order valence-corrected chi connectivity index (χ0v) is 10.4. The van der Waals surface area contributed by atoms with Crippen LogP contribution in [0.2, 0.25) is 0 Å². The van der Waals surface area contributed by atoms with Crippen molar-refractivity contribution in [1.29, 1.82) is 0 Å². The number of rotatable bonds is 7. The topological polar surface area (TPSA) is 66.0 Å². The average molecular weight is 226 g/mol. The Balaban J connectivity index is 2.93. The van der Waals surface area contributed by atoms with Crippen molar-refractivity contribution in [2.45, 2.75) is 45.7 Å². The minimum absolute atomic E-state index is 0.416. The molecule has 0 aliphatic heterocycles. The Kier molecular flexibility index (Phi) is 5.42. The van der Waals surface area contributed by atoms with Crippen LogP contribution in [0.5, 0.6) is 0 Å². The summed E-state index contributed by atoms with van der Waals surface area (Å²) in [6.45, 7) is 5.45. The first-order valence-corrected chi connectivity index (χ1v) is 5.90. The van der Waals surface area contributed by atoms with Crippen molar-refractivity contribution in [3.8, 4) is 0 Å². The van der Waals surface area contributed by atoms with Gasteiger partial charge in [-0.1, -0.05) is 19.1 Å². The molecule has 0 saturated heterocycles. The van der Waals surface area contributed by atoms with Crippen molar-refractivity contribution >= 4 is 0 Å². The summed E-state index contributed by atoms with van der Waals surface area (Å²) >= 11 is 0. The standard InChI is InChI=1S/C11H22N4O/c1-4-9(5-2)15-11(6-7-16-3)10(8-12)13-14-15/h9H,4-8,12H2,1-3H3. The first-order chi connectivity index (χ1) is 7.78. The van der Waals surface area contributed by atoms with Crippen molar-refractivity contribution in [2.75, 3.05) is 13.7 Å². The van der Waals surface area contributed by atoms with Crippen LogP contribution in [0.15, 0.2) is 0 Å². The van der Waals surface area contributed by atoms with Gasteiger partial charge in [0, 0.05) is 20.1 Å². The molecule has 16 heavy (non-hydrogen) atoms. The van der Waals surface area contributed by atoms with Gasteiger partial charge in [0.15, 0.2) is 0 Å². The second-order valence-corrected chi connectivity index (χ2v) is 3.84. The van der Waals surface area contributed by atoms with E-state index in [2.05, 4.69) is 24.2 Å². The quantitative estimate of drug-likeness (QED) is 0.760. The predicted octanol–water partition coefficient (Wildman–Crippen LogP) is 1.29. The van der Waals surface area contributed by atoms with E-state index in [1.54, 1.807) is 7.11 Å². The van der Waals surface area contributed by atoms with Crippen LogP contribution in [-0.4, -0.2) is 28.7 Å². The molecule has 0 aliphatic carbocycles. The molecular formula is C11H22N4O. The average Bonchev–Trinajstić information content (AvgIpc) is 2.71. The molecule has 0 unspecified atom stereocenters. The summed E-state index contributed by atoms with van der Waals surface area (Å²) < 4.78 is 7.12. The first-order valence-electron chi connectivity index (χ1n) is 5.90. The van der Waals surface area contributed by atoms with E-state index in [9.17, 15) is 0 Å². The SMILES string of the molecule is CCC(CC)n1nnc(CN)c1CCOC. The largest absolute Gasteiger partial charge is 0.384 e. The lowest BCUT2D eigenvalue weighted by Gasteiger charge is -2.15. The Morgan fingerprint density at radius 2 is 2.06 bits per heavy atom. The highest BCUT2D eigenvalue weighted by atomic mass is 16.5. The molecule has 5 nitrogen and oxygen atoms in total. The Hall–Kier alpha value is -0.940. The minimum Gasteiger partial charge on any atom is -0.384 e. The molecule has 0 saturated carbocycles. The van der Waals surface area contributed by atoms with Crippen molar-refractivity contribution in [3.05, 3.63) is 11.4 Å². The fourth-order valence-electron chi connectivity index (χ4n) is 1.89. The van der Waals surface area contributed by atoms with Gasteiger partial charge in [-0.15, -0.1) is 5.10 Å². The molecule has 1 heterocycles. The predicted molar refractivity (Wildman–Crippen MR) is 63.1 cm³/mol. The smallest absolute Gasteiger partial charge is 0.0995 e. The number of hydrogen-bond donors (Lipinski definition) is 1. The molecule has 1 aromatic rings. The van der Waals surface area contributed by atoms with Crippen LogP contribution >= 0.6 is 0 Å². The molecule has 0 bridgehead atoms. The van der Waals surface area contributed by atoms with E-state index in [0.29, 0.717) is 19.2 Å². The lowest BCUT2D eigenvalue weighted by molar-refractivity contribution is 0.199. The molecule has 1 aromatic heterocycles. The molecule has 0 amide bonds. The van der Waals surface area contributed by atoms with Crippen LogP contribution in [0.25, 0.3) is 0 Å². The number of methoxy groups -OCH3 is 1. The van der Waals surface area contributed by atoms with Crippen LogP contribution in [0, 0.1) is 0 Å². The highest BCUT2D eigenvalue weighted by molar-refractivity contribution is 5.11. The van der Waals surface area contributed by atoms with Crippen molar-refractivity contribution in [1.82, 2.24) is 15.0 Å². The molecule has 0 radical (unpaired) electrons. The summed E-state index contributed by atoms with van der Waals surface area (Å²) in [6, 6.07) is 0.416. The van der Waals surface area contributed by atoms with Crippen molar-refractivity contribution in [2.24, 2.45) is 5.73 Å². The second-order valence-electron chi connectivity index (χ2n) is 3.84. The summed E-state index contributed by atoms with van der Waals surface area (Å²) in [6.07, 6.45) is 2.94. The third kappa shape index (κ3) is 2.80. The normalized spacial score (nSPS) is 11.3. The Morgan fingerprint density at radius 3 is 2.56 bits per heavy atom. The van der Waals surface area contributed by atoms with Gasteiger partial charge >= 0.3 is 0 Å². The van der Waals surface area contributed by atoms with Gasteiger partial charge in [0.25, 0.3) is 0 Å². The fraction of sp³-hybridized carbons (Fsp3) is 0.818. The lowest BCUT2D eigenvalue weighted by Crippen LogP contribution is -2.15. The Labute approximate surface area is 97.0 Å². The maximum Gasteiger partial charge on any atom is 0.0995 e. The summed E-state index contributed by atoms with van der Waals surface area (Å²) in [4.78, 5) is 0. The second kappa shape index (κ2) is 6.60. The molecule has 1 rings (SSSR count). The summed E-state index contributed by atoms with van der Waals surface area (Å²) in [7, 11) is 1.70. The minimum atomic E-state index is 0.416. The van der Waals surface area contributed by atoms with Crippen LogP contribution < -0.4 is 5.73 Å². The fourth-order valence-corrected chi connectivity index (χ4v) is 1.89. The van der Waals surface area contributed by atoms with Crippen LogP contribution in [-0.2, 0) is 17.7 Å². The van der Waals surface area contributed by atoms with Gasteiger partial charge in [0.1, 0.15) is 0 Å². The Bertz CT molecular complexity index is 307. The molecule has 0 atom stereocenters. The third-order valence-corrected chi connectivity index (χ3v) is 2.90. The van der Waals surface area contributed by atoms with E-state index >= 15 is 0 Å². The number of aromatic nitrogens is 3. The van der Waals surface area contributed by atoms with Gasteiger partial charge in [-0.3, -0.25) is 0 Å². The van der Waals surface area contributed by atoms with Gasteiger partial charge in [0.2, 0.25) is 0 Å². The third-order valence-electron chi connectivity index (χ3n) is 2.90. The number of hydrogen-bond acceptors (Lipinski definition) is 4. The number of nitrogens with zero attached hydrogens (tertiary/aromatic N) is 3. The van der Waals surface area contributed by atoms with Gasteiger partial charge in [-0.25, -0.2) is 4.68 Å². The van der Waals surface area contributed by atoms with E-state index in [-0.39, 0.29) is 0 Å². The molecule has 0 aromatic carbocycles. The molecule has 2 N–H and O–H groups in total. The van der Waals surface area contributed by atoms with E-state index in [1.165, 1.54) is 0 Å². The zero-order valence-electron chi connectivity index (χ0n) is 10.4. The molecular weight excluding hydrogens is 204 g/mol. The highest BCUT2D eigenvalue weighted by Gasteiger charge is 2.16. The number of nitrogens with two attached hydrogens (primary N) is 1. The molecule has 92 valence electrons. The highest BCUT2D eigenvalue weighted by Crippen LogP contribution is 2.18. The van der Waals surface area contributed by atoms with E-state index < -0.39 is 0 Å². The van der Waals surface area contributed by atoms with Gasteiger partial charge in [-0.05, 0) is 12.8 Å². The van der Waals surface area contributed by atoms with E-state index in [1.807, 2.05) is 4.68 Å². The summed E-state index contributed by atoms with van der Waals surface area (Å²) in [5.74, 6) is 0. The lowest BCUT2D eigenvalue weighted by atomic mass is 10.1. The molecule has 0 fully saturated rings. The van der Waals surface area contributed by atoms with Gasteiger partial charge in [-0.2, -0.15) is 0 Å². The van der Waals surface area contributed by atoms with Crippen molar-refractivity contribution < 1.29 is 4.74 Å². The van der Waals surface area contributed by atoms with E-state index in [4.69, 9.17) is 10.5 Å². The van der Waals surface area contributed by atoms with Crippen LogP contribution in [0.3, 0.4) is 0 Å². The summed E-state index contributed by atoms with van der Waals surface area (Å²) in [5.41, 5.74) is 7.68. The Morgan fingerprint density at radius 1 is 1.38 bits per heavy atom. The number of ether oxygens (including phenoxy) is 1. The van der Waals surface area contributed by atoms with E-state index in [0.717, 1.165) is 30.7 Å². The molecule has 0 spiro atoms. The summed E-state index contributed by atoms with van der Waals surface area (Å²) in [5, 5.41) is 8.35. The molecule has 5 heteroatoms. The van der Waals surface area contributed by atoms with Gasteiger partial charge in [0.05, 0.1) is 24.0 Å². The van der Waals surface area contributed by atoms with Crippen LogP contribution in [0.4, 0.5) is 0 Å². The van der Waals surface area contributed by atoms with Gasteiger partial charge < -0.3 is 10.5 Å².